The van der Waals surface area contributed by atoms with E-state index in [9.17, 15) is 9.59 Å². The molecule has 0 aliphatic carbocycles. The van der Waals surface area contributed by atoms with Gasteiger partial charge < -0.3 is 9.64 Å². The third-order valence-electron chi connectivity index (χ3n) is 2.88. The quantitative estimate of drug-likeness (QED) is 0.803. The highest BCUT2D eigenvalue weighted by atomic mass is 35.5. The number of halogens is 2. The molecule has 0 spiro atoms. The van der Waals surface area contributed by atoms with Crippen LogP contribution in [0.3, 0.4) is 0 Å². The standard InChI is InChI=1S/C12H11Cl2NO3/c1-18-10-3-2-8(13)5-9(10)15-6-7(12(14)17)4-11(15)16/h2-3,5,7H,4,6H2,1H3/t7-/m1/s1. The van der Waals surface area contributed by atoms with E-state index in [2.05, 4.69) is 0 Å². The highest BCUT2D eigenvalue weighted by Gasteiger charge is 2.35. The number of anilines is 1. The molecular weight excluding hydrogens is 277 g/mol. The number of ether oxygens (including phenoxy) is 1. The lowest BCUT2D eigenvalue weighted by Crippen LogP contribution is -2.25. The fraction of sp³-hybridized carbons (Fsp3) is 0.333. The first-order valence-electron chi connectivity index (χ1n) is 5.36. The molecule has 4 nitrogen and oxygen atoms in total. The van der Waals surface area contributed by atoms with Crippen molar-refractivity contribution in [2.45, 2.75) is 6.42 Å². The maximum Gasteiger partial charge on any atom is 0.227 e. The fourth-order valence-corrected chi connectivity index (χ4v) is 2.28. The predicted molar refractivity (Wildman–Crippen MR) is 69.3 cm³/mol. The summed E-state index contributed by atoms with van der Waals surface area (Å²) in [4.78, 5) is 24.5. The Morgan fingerprint density at radius 1 is 1.50 bits per heavy atom. The summed E-state index contributed by atoms with van der Waals surface area (Å²) in [5, 5.41) is 0.00564. The van der Waals surface area contributed by atoms with Crippen LogP contribution in [-0.4, -0.2) is 24.8 Å². The number of methoxy groups -OCH3 is 1. The molecule has 0 bridgehead atoms. The van der Waals surface area contributed by atoms with Crippen molar-refractivity contribution in [3.63, 3.8) is 0 Å². The second kappa shape index (κ2) is 5.16. The minimum atomic E-state index is -0.494. The van der Waals surface area contributed by atoms with E-state index in [-0.39, 0.29) is 18.9 Å². The predicted octanol–water partition coefficient (Wildman–Crippen LogP) is 2.47. The van der Waals surface area contributed by atoms with Crippen molar-refractivity contribution in [2.24, 2.45) is 5.92 Å². The number of carbonyl (C=O) groups is 2. The Morgan fingerprint density at radius 3 is 2.78 bits per heavy atom. The molecule has 1 aromatic carbocycles. The molecule has 1 amide bonds. The summed E-state index contributed by atoms with van der Waals surface area (Å²) < 4.78 is 5.19. The van der Waals surface area contributed by atoms with Crippen LogP contribution < -0.4 is 9.64 Å². The number of benzene rings is 1. The molecule has 0 saturated carbocycles. The number of hydrogen-bond acceptors (Lipinski definition) is 3. The van der Waals surface area contributed by atoms with Gasteiger partial charge in [-0.2, -0.15) is 0 Å². The van der Waals surface area contributed by atoms with Gasteiger partial charge in [-0.25, -0.2) is 0 Å². The normalized spacial score (nSPS) is 19.2. The Bertz CT molecular complexity index is 504. The SMILES string of the molecule is COc1ccc(Cl)cc1N1C[C@H](C(=O)Cl)CC1=O. The van der Waals surface area contributed by atoms with Gasteiger partial charge in [0.2, 0.25) is 11.1 Å². The van der Waals surface area contributed by atoms with Gasteiger partial charge >= 0.3 is 0 Å². The van der Waals surface area contributed by atoms with Crippen molar-refractivity contribution in [3.8, 4) is 5.75 Å². The van der Waals surface area contributed by atoms with Crippen molar-refractivity contribution in [3.05, 3.63) is 23.2 Å². The highest BCUT2D eigenvalue weighted by Crippen LogP contribution is 2.35. The van der Waals surface area contributed by atoms with E-state index in [0.29, 0.717) is 16.5 Å². The summed E-state index contributed by atoms with van der Waals surface area (Å²) in [6.07, 6.45) is 0.123. The van der Waals surface area contributed by atoms with Crippen molar-refractivity contribution >= 4 is 40.0 Å². The van der Waals surface area contributed by atoms with Crippen molar-refractivity contribution in [1.29, 1.82) is 0 Å². The fourth-order valence-electron chi connectivity index (χ4n) is 1.97. The van der Waals surface area contributed by atoms with Gasteiger partial charge in [0.05, 0.1) is 18.7 Å². The van der Waals surface area contributed by atoms with E-state index in [4.69, 9.17) is 27.9 Å². The van der Waals surface area contributed by atoms with Gasteiger partial charge in [-0.15, -0.1) is 0 Å². The van der Waals surface area contributed by atoms with Gasteiger partial charge in [-0.05, 0) is 29.8 Å². The van der Waals surface area contributed by atoms with E-state index >= 15 is 0 Å². The molecule has 1 aromatic rings. The number of carbonyl (C=O) groups excluding carboxylic acids is 2. The monoisotopic (exact) mass is 287 g/mol. The Labute approximate surface area is 114 Å². The van der Waals surface area contributed by atoms with E-state index < -0.39 is 11.2 Å². The average molecular weight is 288 g/mol. The van der Waals surface area contributed by atoms with Crippen LogP contribution in [0.5, 0.6) is 5.75 Å². The van der Waals surface area contributed by atoms with Crippen LogP contribution in [0.2, 0.25) is 5.02 Å². The molecule has 2 rings (SSSR count). The molecule has 1 aliphatic heterocycles. The lowest BCUT2D eigenvalue weighted by molar-refractivity contribution is -0.120. The Balaban J connectivity index is 2.34. The van der Waals surface area contributed by atoms with Gasteiger partial charge in [0.1, 0.15) is 5.75 Å². The molecule has 1 heterocycles. The van der Waals surface area contributed by atoms with Crippen LogP contribution >= 0.6 is 23.2 Å². The van der Waals surface area contributed by atoms with E-state index in [0.717, 1.165) is 0 Å². The Hall–Kier alpha value is -1.26. The first-order valence-corrected chi connectivity index (χ1v) is 6.11. The van der Waals surface area contributed by atoms with Crippen LogP contribution in [0.1, 0.15) is 6.42 Å². The maximum absolute atomic E-state index is 11.9. The maximum atomic E-state index is 11.9. The Morgan fingerprint density at radius 2 is 2.22 bits per heavy atom. The molecule has 1 aliphatic rings. The Kier molecular flexibility index (Phi) is 3.78. The molecular formula is C12H11Cl2NO3. The van der Waals surface area contributed by atoms with Crippen molar-refractivity contribution in [1.82, 2.24) is 0 Å². The lowest BCUT2D eigenvalue weighted by Gasteiger charge is -2.19. The topological polar surface area (TPSA) is 46.6 Å². The van der Waals surface area contributed by atoms with Crippen LogP contribution in [0.4, 0.5) is 5.69 Å². The number of amides is 1. The molecule has 1 saturated heterocycles. The molecule has 0 N–H and O–H groups in total. The molecule has 1 atom stereocenters. The number of hydrogen-bond donors (Lipinski definition) is 0. The van der Waals surface area contributed by atoms with Gasteiger partial charge in [0.25, 0.3) is 0 Å². The second-order valence-corrected chi connectivity index (χ2v) is 4.83. The van der Waals surface area contributed by atoms with Crippen LogP contribution in [-0.2, 0) is 9.59 Å². The van der Waals surface area contributed by atoms with Gasteiger partial charge in [0.15, 0.2) is 0 Å². The summed E-state index contributed by atoms with van der Waals surface area (Å²) in [5.74, 6) is -0.0900. The van der Waals surface area contributed by atoms with Gasteiger partial charge in [-0.1, -0.05) is 11.6 Å². The summed E-state index contributed by atoms with van der Waals surface area (Å²) in [5.41, 5.74) is 0.565. The molecule has 96 valence electrons. The van der Waals surface area contributed by atoms with Crippen LogP contribution in [0.15, 0.2) is 18.2 Å². The van der Waals surface area contributed by atoms with Crippen molar-refractivity contribution in [2.75, 3.05) is 18.6 Å². The molecule has 18 heavy (non-hydrogen) atoms. The van der Waals surface area contributed by atoms with E-state index in [1.807, 2.05) is 0 Å². The zero-order valence-electron chi connectivity index (χ0n) is 9.65. The molecule has 0 aromatic heterocycles. The third-order valence-corrected chi connectivity index (χ3v) is 3.42. The van der Waals surface area contributed by atoms with E-state index in [1.54, 1.807) is 18.2 Å². The third kappa shape index (κ3) is 2.44. The summed E-state index contributed by atoms with van der Waals surface area (Å²) in [6.45, 7) is 0.262. The molecule has 1 fully saturated rings. The first-order chi connectivity index (χ1) is 8.52. The second-order valence-electron chi connectivity index (χ2n) is 4.03. The molecule has 6 heteroatoms. The summed E-state index contributed by atoms with van der Waals surface area (Å²) in [6, 6.07) is 4.99. The zero-order valence-corrected chi connectivity index (χ0v) is 11.2. The smallest absolute Gasteiger partial charge is 0.227 e. The van der Waals surface area contributed by atoms with Gasteiger partial charge in [-0.3, -0.25) is 9.59 Å². The van der Waals surface area contributed by atoms with Crippen molar-refractivity contribution < 1.29 is 14.3 Å². The van der Waals surface area contributed by atoms with Crippen LogP contribution in [0, 0.1) is 5.92 Å². The summed E-state index contributed by atoms with van der Waals surface area (Å²) in [7, 11) is 1.51. The van der Waals surface area contributed by atoms with E-state index in [1.165, 1.54) is 12.0 Å². The zero-order chi connectivity index (χ0) is 13.3. The molecule has 0 radical (unpaired) electrons. The average Bonchev–Trinajstić information content (AvgIpc) is 2.71. The number of nitrogens with zero attached hydrogens (tertiary/aromatic N) is 1. The largest absolute Gasteiger partial charge is 0.495 e. The van der Waals surface area contributed by atoms with Gasteiger partial charge in [0, 0.05) is 18.0 Å². The minimum absolute atomic E-state index is 0.123. The van der Waals surface area contributed by atoms with Crippen LogP contribution in [0.25, 0.3) is 0 Å². The lowest BCUT2D eigenvalue weighted by atomic mass is 10.1. The highest BCUT2D eigenvalue weighted by molar-refractivity contribution is 6.64. The molecule has 0 unspecified atom stereocenters. The minimum Gasteiger partial charge on any atom is -0.495 e. The summed E-state index contributed by atoms with van der Waals surface area (Å²) >= 11 is 11.3. The number of rotatable bonds is 3. The first kappa shape index (κ1) is 13.2.